The summed E-state index contributed by atoms with van der Waals surface area (Å²) < 4.78 is 21.9. The molecule has 1 heterocycles. The molecular formula is C17H21N6O4S-. The lowest BCUT2D eigenvalue weighted by atomic mass is 10.0. The molecule has 2 atom stereocenters. The number of benzene rings is 1. The van der Waals surface area contributed by atoms with E-state index in [1.807, 2.05) is 13.8 Å². The van der Waals surface area contributed by atoms with Crippen molar-refractivity contribution in [1.29, 1.82) is 0 Å². The molecule has 28 heavy (non-hydrogen) atoms. The third-order valence-electron chi connectivity index (χ3n) is 3.72. The first-order valence-corrected chi connectivity index (χ1v) is 9.44. The van der Waals surface area contributed by atoms with Gasteiger partial charge in [-0.3, -0.25) is 13.8 Å². The highest BCUT2D eigenvalue weighted by Gasteiger charge is 2.19. The predicted octanol–water partition coefficient (Wildman–Crippen LogP) is 0.869. The van der Waals surface area contributed by atoms with Crippen molar-refractivity contribution in [2.45, 2.75) is 31.2 Å². The lowest BCUT2D eigenvalue weighted by Gasteiger charge is -2.18. The maximum Gasteiger partial charge on any atom is 0.254 e. The van der Waals surface area contributed by atoms with Gasteiger partial charge in [-0.05, 0) is 47.7 Å². The van der Waals surface area contributed by atoms with Gasteiger partial charge in [0.1, 0.15) is 17.4 Å². The maximum atomic E-state index is 11.7. The van der Waals surface area contributed by atoms with Gasteiger partial charge < -0.3 is 26.7 Å². The number of aromatic nitrogens is 2. The van der Waals surface area contributed by atoms with Crippen LogP contribution in [0.15, 0.2) is 35.4 Å². The van der Waals surface area contributed by atoms with E-state index < -0.39 is 28.9 Å². The highest BCUT2D eigenvalue weighted by molar-refractivity contribution is 7.79. The second-order valence-electron chi connectivity index (χ2n) is 6.43. The number of nitrogens with zero attached hydrogens (tertiary/aromatic N) is 2. The molecule has 0 bridgehead atoms. The van der Waals surface area contributed by atoms with Crippen LogP contribution in [0.4, 0.5) is 17.5 Å². The zero-order chi connectivity index (χ0) is 20.8. The maximum absolute atomic E-state index is 11.7. The average Bonchev–Trinajstić information content (AvgIpc) is 2.61. The summed E-state index contributed by atoms with van der Waals surface area (Å²) in [5.41, 5.74) is 11.3. The molecule has 0 fully saturated rings. The Labute approximate surface area is 164 Å². The van der Waals surface area contributed by atoms with Gasteiger partial charge in [-0.15, -0.1) is 0 Å². The van der Waals surface area contributed by atoms with E-state index in [9.17, 15) is 18.4 Å². The number of nitrogens with two attached hydrogens (primary N) is 2. The number of carbonyl (C=O) groups excluding carboxylic acids is 2. The van der Waals surface area contributed by atoms with Crippen LogP contribution in [0.25, 0.3) is 0 Å². The van der Waals surface area contributed by atoms with E-state index in [1.54, 1.807) is 0 Å². The molecule has 2 aromatic rings. The van der Waals surface area contributed by atoms with Crippen molar-refractivity contribution >= 4 is 40.3 Å². The van der Waals surface area contributed by atoms with E-state index in [0.717, 1.165) is 0 Å². The molecule has 2 amide bonds. The van der Waals surface area contributed by atoms with E-state index in [1.165, 1.54) is 30.5 Å². The smallest absolute Gasteiger partial charge is 0.254 e. The number of carbonyl (C=O) groups is 2. The van der Waals surface area contributed by atoms with Gasteiger partial charge in [0, 0.05) is 16.8 Å². The molecule has 6 N–H and O–H groups in total. The molecule has 0 spiro atoms. The topological polar surface area (TPSA) is 176 Å². The Morgan fingerprint density at radius 3 is 2.36 bits per heavy atom. The summed E-state index contributed by atoms with van der Waals surface area (Å²) in [7, 11) is 0. The zero-order valence-electron chi connectivity index (χ0n) is 15.3. The Balaban J connectivity index is 2.30. The van der Waals surface area contributed by atoms with Gasteiger partial charge in [-0.25, -0.2) is 4.98 Å². The number of primary amides is 2. The second kappa shape index (κ2) is 9.24. The highest BCUT2D eigenvalue weighted by Crippen LogP contribution is 2.21. The van der Waals surface area contributed by atoms with Gasteiger partial charge in [0.15, 0.2) is 0 Å². The van der Waals surface area contributed by atoms with Crippen molar-refractivity contribution in [3.8, 4) is 0 Å². The fraction of sp³-hybridized carbons (Fsp3) is 0.294. The summed E-state index contributed by atoms with van der Waals surface area (Å²) in [6, 6.07) is 5.12. The van der Waals surface area contributed by atoms with E-state index in [2.05, 4.69) is 20.6 Å². The molecule has 1 aromatic heterocycles. The van der Waals surface area contributed by atoms with Crippen molar-refractivity contribution in [3.63, 3.8) is 0 Å². The molecule has 0 aliphatic carbocycles. The lowest BCUT2D eigenvalue weighted by molar-refractivity contribution is -0.119. The van der Waals surface area contributed by atoms with Crippen LogP contribution in [0.3, 0.4) is 0 Å². The number of hydrogen-bond donors (Lipinski definition) is 4. The summed E-state index contributed by atoms with van der Waals surface area (Å²) in [6.45, 7) is 3.89. The highest BCUT2D eigenvalue weighted by atomic mass is 32.2. The van der Waals surface area contributed by atoms with E-state index in [-0.39, 0.29) is 28.1 Å². The predicted molar refractivity (Wildman–Crippen MR) is 104 cm³/mol. The van der Waals surface area contributed by atoms with E-state index in [4.69, 9.17) is 11.5 Å². The first kappa shape index (κ1) is 21.3. The standard InChI is InChI=1S/C17H22N6O4S/c1-9(2)7-13(15(19)25)22-17-20-8-12(14(18)24)16(23-17)21-10-3-5-11(6-4-10)28(26)27/h3-6,8-9,13H,7H2,1-2H3,(H2,18,24)(H2,19,25)(H,26,27)(H2,20,21,22,23)/p-1. The fourth-order valence-electron chi connectivity index (χ4n) is 2.39. The molecule has 0 saturated heterocycles. The fourth-order valence-corrected chi connectivity index (χ4v) is 2.74. The minimum Gasteiger partial charge on any atom is -0.768 e. The zero-order valence-corrected chi connectivity index (χ0v) is 16.2. The summed E-state index contributed by atoms with van der Waals surface area (Å²) in [5.74, 6) is -0.896. The van der Waals surface area contributed by atoms with Crippen LogP contribution in [0.1, 0.15) is 30.6 Å². The van der Waals surface area contributed by atoms with Gasteiger partial charge >= 0.3 is 0 Å². The largest absolute Gasteiger partial charge is 0.768 e. The first-order valence-electron chi connectivity index (χ1n) is 8.36. The quantitative estimate of drug-likeness (QED) is 0.444. The Kier molecular flexibility index (Phi) is 7.01. The van der Waals surface area contributed by atoms with Crippen LogP contribution >= 0.6 is 0 Å². The van der Waals surface area contributed by atoms with Crippen molar-refractivity contribution in [2.24, 2.45) is 17.4 Å². The number of rotatable bonds is 9. The average molecular weight is 405 g/mol. The van der Waals surface area contributed by atoms with Crippen LogP contribution in [0, 0.1) is 5.92 Å². The van der Waals surface area contributed by atoms with Gasteiger partial charge in [0.25, 0.3) is 5.91 Å². The number of nitrogens with one attached hydrogen (secondary N) is 2. The monoisotopic (exact) mass is 405 g/mol. The summed E-state index contributed by atoms with van der Waals surface area (Å²) in [4.78, 5) is 31.7. The summed E-state index contributed by atoms with van der Waals surface area (Å²) >= 11 is -2.35. The molecule has 1 aromatic carbocycles. The van der Waals surface area contributed by atoms with Gasteiger partial charge in [0.05, 0.1) is 0 Å². The van der Waals surface area contributed by atoms with Crippen molar-refractivity contribution < 1.29 is 18.4 Å². The summed E-state index contributed by atoms with van der Waals surface area (Å²) in [6.07, 6.45) is 1.71. The summed E-state index contributed by atoms with van der Waals surface area (Å²) in [5, 5.41) is 5.75. The molecular weight excluding hydrogens is 384 g/mol. The van der Waals surface area contributed by atoms with Gasteiger partial charge in [0.2, 0.25) is 11.9 Å². The van der Waals surface area contributed by atoms with Gasteiger partial charge in [-0.1, -0.05) is 13.8 Å². The van der Waals surface area contributed by atoms with Crippen molar-refractivity contribution in [2.75, 3.05) is 10.6 Å². The number of anilines is 3. The normalized spacial score (nSPS) is 13.0. The number of amides is 2. The Morgan fingerprint density at radius 1 is 1.21 bits per heavy atom. The van der Waals surface area contributed by atoms with Crippen LogP contribution in [-0.2, 0) is 15.9 Å². The molecule has 2 unspecified atom stereocenters. The number of hydrogen-bond acceptors (Lipinski definition) is 8. The van der Waals surface area contributed by atoms with Crippen LogP contribution < -0.4 is 22.1 Å². The van der Waals surface area contributed by atoms with Crippen LogP contribution in [0.5, 0.6) is 0 Å². The lowest BCUT2D eigenvalue weighted by Crippen LogP contribution is -2.37. The van der Waals surface area contributed by atoms with Crippen LogP contribution in [0.2, 0.25) is 0 Å². The Hall–Kier alpha value is -3.05. The van der Waals surface area contributed by atoms with Crippen molar-refractivity contribution in [1.82, 2.24) is 9.97 Å². The third kappa shape index (κ3) is 5.72. The SMILES string of the molecule is CC(C)CC(Nc1ncc(C(N)=O)c(Nc2ccc(S(=O)[O-])cc2)n1)C(N)=O. The molecule has 150 valence electrons. The first-order chi connectivity index (χ1) is 13.2. The molecule has 0 radical (unpaired) electrons. The molecule has 11 heteroatoms. The minimum absolute atomic E-state index is 0.0292. The molecule has 0 saturated carbocycles. The second-order valence-corrected chi connectivity index (χ2v) is 7.37. The van der Waals surface area contributed by atoms with Crippen molar-refractivity contribution in [3.05, 3.63) is 36.0 Å². The molecule has 2 rings (SSSR count). The van der Waals surface area contributed by atoms with E-state index in [0.29, 0.717) is 12.1 Å². The van der Waals surface area contributed by atoms with Gasteiger partial charge in [-0.2, -0.15) is 4.98 Å². The Morgan fingerprint density at radius 2 is 1.86 bits per heavy atom. The van der Waals surface area contributed by atoms with E-state index >= 15 is 0 Å². The molecule has 0 aliphatic rings. The molecule has 0 aliphatic heterocycles. The third-order valence-corrected chi connectivity index (χ3v) is 4.37. The Bertz CT molecular complexity index is 888. The molecule has 10 nitrogen and oxygen atoms in total. The van der Waals surface area contributed by atoms with Crippen LogP contribution in [-0.4, -0.2) is 36.6 Å². The minimum atomic E-state index is -2.35.